The lowest BCUT2D eigenvalue weighted by Gasteiger charge is -2.03. The van der Waals surface area contributed by atoms with Gasteiger partial charge in [-0.05, 0) is 40.3 Å². The standard InChI is InChI=1S/C10H6ClF2IN2/c11-6-3-1-5(2-4-6)7-8(9(12)13)15-16-10(7)14/h1-4,9H,(H,15,16). The highest BCUT2D eigenvalue weighted by molar-refractivity contribution is 14.1. The van der Waals surface area contributed by atoms with E-state index in [-0.39, 0.29) is 5.69 Å². The predicted octanol–water partition coefficient (Wildman–Crippen LogP) is 4.27. The Morgan fingerprint density at radius 2 is 1.88 bits per heavy atom. The van der Waals surface area contributed by atoms with Crippen molar-refractivity contribution in [2.24, 2.45) is 0 Å². The molecule has 2 aromatic rings. The lowest BCUT2D eigenvalue weighted by atomic mass is 10.1. The topological polar surface area (TPSA) is 28.7 Å². The van der Waals surface area contributed by atoms with Crippen molar-refractivity contribution in [1.29, 1.82) is 0 Å². The Morgan fingerprint density at radius 1 is 1.25 bits per heavy atom. The zero-order chi connectivity index (χ0) is 11.7. The van der Waals surface area contributed by atoms with E-state index in [1.807, 2.05) is 22.6 Å². The van der Waals surface area contributed by atoms with Gasteiger partial charge < -0.3 is 0 Å². The van der Waals surface area contributed by atoms with Crippen LogP contribution < -0.4 is 0 Å². The summed E-state index contributed by atoms with van der Waals surface area (Å²) in [5.41, 5.74) is 0.955. The maximum atomic E-state index is 12.7. The van der Waals surface area contributed by atoms with Gasteiger partial charge in [-0.3, -0.25) is 5.10 Å². The summed E-state index contributed by atoms with van der Waals surface area (Å²) in [6.45, 7) is 0. The first-order chi connectivity index (χ1) is 7.59. The lowest BCUT2D eigenvalue weighted by molar-refractivity contribution is 0.146. The zero-order valence-corrected chi connectivity index (χ0v) is 10.8. The molecule has 0 fully saturated rings. The van der Waals surface area contributed by atoms with Crippen LogP contribution in [0, 0.1) is 3.70 Å². The molecule has 0 atom stereocenters. The maximum absolute atomic E-state index is 12.7. The van der Waals surface area contributed by atoms with Gasteiger partial charge in [0, 0.05) is 10.6 Å². The molecule has 0 unspecified atom stereocenters. The number of halogens is 4. The molecule has 1 N–H and O–H groups in total. The van der Waals surface area contributed by atoms with E-state index >= 15 is 0 Å². The molecular formula is C10H6ClF2IN2. The zero-order valence-electron chi connectivity index (χ0n) is 7.85. The SMILES string of the molecule is FC(F)c1[nH]nc(I)c1-c1ccc(Cl)cc1. The minimum atomic E-state index is -2.57. The van der Waals surface area contributed by atoms with Gasteiger partial charge in [0.05, 0.1) is 0 Å². The van der Waals surface area contributed by atoms with Crippen molar-refractivity contribution in [2.45, 2.75) is 6.43 Å². The van der Waals surface area contributed by atoms with E-state index in [0.29, 0.717) is 19.9 Å². The third-order valence-corrected chi connectivity index (χ3v) is 3.13. The smallest absolute Gasteiger partial charge is 0.275 e. The third-order valence-electron chi connectivity index (χ3n) is 2.10. The van der Waals surface area contributed by atoms with E-state index in [1.165, 1.54) is 0 Å². The van der Waals surface area contributed by atoms with Crippen molar-refractivity contribution in [2.75, 3.05) is 0 Å². The van der Waals surface area contributed by atoms with Gasteiger partial charge in [0.15, 0.2) is 0 Å². The Kier molecular flexibility index (Phi) is 3.44. The highest BCUT2D eigenvalue weighted by Gasteiger charge is 2.20. The van der Waals surface area contributed by atoms with E-state index in [1.54, 1.807) is 24.3 Å². The molecule has 0 saturated heterocycles. The molecule has 2 nitrogen and oxygen atoms in total. The molecule has 6 heteroatoms. The number of H-pyrrole nitrogens is 1. The monoisotopic (exact) mass is 354 g/mol. The highest BCUT2D eigenvalue weighted by Crippen LogP contribution is 2.33. The van der Waals surface area contributed by atoms with Gasteiger partial charge in [-0.25, -0.2) is 8.78 Å². The highest BCUT2D eigenvalue weighted by atomic mass is 127. The van der Waals surface area contributed by atoms with Gasteiger partial charge in [-0.1, -0.05) is 23.7 Å². The molecule has 0 amide bonds. The fourth-order valence-corrected chi connectivity index (χ4v) is 2.23. The van der Waals surface area contributed by atoms with Gasteiger partial charge in [0.25, 0.3) is 6.43 Å². The first kappa shape index (κ1) is 11.8. The molecule has 0 aliphatic rings. The molecule has 0 aliphatic heterocycles. The number of aromatic nitrogens is 2. The summed E-state index contributed by atoms with van der Waals surface area (Å²) in [4.78, 5) is 0. The van der Waals surface area contributed by atoms with Gasteiger partial charge in [0.2, 0.25) is 0 Å². The first-order valence-electron chi connectivity index (χ1n) is 4.37. The van der Waals surface area contributed by atoms with Crippen molar-refractivity contribution in [1.82, 2.24) is 10.2 Å². The number of aromatic amines is 1. The molecule has 1 heterocycles. The first-order valence-corrected chi connectivity index (χ1v) is 5.83. The van der Waals surface area contributed by atoms with Crippen LogP contribution in [0.3, 0.4) is 0 Å². The normalized spacial score (nSPS) is 11.1. The Hall–Kier alpha value is -0.690. The number of nitrogens with zero attached hydrogens (tertiary/aromatic N) is 1. The lowest BCUT2D eigenvalue weighted by Crippen LogP contribution is -1.88. The van der Waals surface area contributed by atoms with Crippen molar-refractivity contribution >= 4 is 34.2 Å². The second-order valence-corrected chi connectivity index (χ2v) is 4.57. The van der Waals surface area contributed by atoms with Crippen LogP contribution >= 0.6 is 34.2 Å². The minimum Gasteiger partial charge on any atom is -0.275 e. The molecule has 0 spiro atoms. The summed E-state index contributed by atoms with van der Waals surface area (Å²) < 4.78 is 25.9. The Balaban J connectivity index is 2.54. The number of nitrogens with one attached hydrogen (secondary N) is 1. The predicted molar refractivity (Wildman–Crippen MR) is 66.7 cm³/mol. The van der Waals surface area contributed by atoms with Crippen LogP contribution in [0.25, 0.3) is 11.1 Å². The van der Waals surface area contributed by atoms with Gasteiger partial charge in [-0.2, -0.15) is 5.10 Å². The molecule has 0 saturated carbocycles. The molecule has 16 heavy (non-hydrogen) atoms. The van der Waals surface area contributed by atoms with E-state index in [9.17, 15) is 8.78 Å². The van der Waals surface area contributed by atoms with Crippen LogP contribution in [-0.2, 0) is 0 Å². The fourth-order valence-electron chi connectivity index (χ4n) is 1.38. The summed E-state index contributed by atoms with van der Waals surface area (Å²) in [6.07, 6.45) is -2.57. The molecule has 0 bridgehead atoms. The molecule has 1 aromatic heterocycles. The number of hydrogen-bond donors (Lipinski definition) is 1. The second-order valence-electron chi connectivity index (χ2n) is 3.11. The van der Waals surface area contributed by atoms with Crippen LogP contribution in [0.4, 0.5) is 8.78 Å². The Morgan fingerprint density at radius 3 is 2.44 bits per heavy atom. The minimum absolute atomic E-state index is 0.160. The van der Waals surface area contributed by atoms with E-state index in [4.69, 9.17) is 11.6 Å². The number of hydrogen-bond acceptors (Lipinski definition) is 1. The van der Waals surface area contributed by atoms with Gasteiger partial charge >= 0.3 is 0 Å². The van der Waals surface area contributed by atoms with Crippen LogP contribution in [0.15, 0.2) is 24.3 Å². The van der Waals surface area contributed by atoms with Crippen LogP contribution in [0.2, 0.25) is 5.02 Å². The van der Waals surface area contributed by atoms with Crippen LogP contribution in [-0.4, -0.2) is 10.2 Å². The average molecular weight is 355 g/mol. The third kappa shape index (κ3) is 2.20. The molecule has 2 rings (SSSR count). The van der Waals surface area contributed by atoms with E-state index in [0.717, 1.165) is 0 Å². The average Bonchev–Trinajstić information content (AvgIpc) is 2.62. The second kappa shape index (κ2) is 4.67. The van der Waals surface area contributed by atoms with Crippen molar-refractivity contribution in [3.05, 3.63) is 38.7 Å². The molecule has 84 valence electrons. The van der Waals surface area contributed by atoms with Crippen molar-refractivity contribution in [3.8, 4) is 11.1 Å². The largest absolute Gasteiger partial charge is 0.280 e. The van der Waals surface area contributed by atoms with E-state index < -0.39 is 6.43 Å². The summed E-state index contributed by atoms with van der Waals surface area (Å²) in [6, 6.07) is 6.72. The summed E-state index contributed by atoms with van der Waals surface area (Å²) in [7, 11) is 0. The molecule has 0 radical (unpaired) electrons. The number of alkyl halides is 2. The van der Waals surface area contributed by atoms with Crippen molar-refractivity contribution in [3.63, 3.8) is 0 Å². The maximum Gasteiger partial charge on any atom is 0.280 e. The Labute approximate surface area is 109 Å². The van der Waals surface area contributed by atoms with Crippen LogP contribution in [0.5, 0.6) is 0 Å². The number of benzene rings is 1. The van der Waals surface area contributed by atoms with E-state index in [2.05, 4.69) is 10.2 Å². The quantitative estimate of drug-likeness (QED) is 0.802. The summed E-state index contributed by atoms with van der Waals surface area (Å²) in [5, 5.41) is 6.70. The van der Waals surface area contributed by atoms with Gasteiger partial charge in [-0.15, -0.1) is 0 Å². The number of rotatable bonds is 2. The summed E-state index contributed by atoms with van der Waals surface area (Å²) >= 11 is 7.66. The fraction of sp³-hybridized carbons (Fsp3) is 0.100. The molecule has 1 aromatic carbocycles. The van der Waals surface area contributed by atoms with Crippen molar-refractivity contribution < 1.29 is 8.78 Å². The van der Waals surface area contributed by atoms with Gasteiger partial charge in [0.1, 0.15) is 9.39 Å². The molecule has 0 aliphatic carbocycles. The van der Waals surface area contributed by atoms with Crippen LogP contribution in [0.1, 0.15) is 12.1 Å². The Bertz CT molecular complexity index is 496. The summed E-state index contributed by atoms with van der Waals surface area (Å²) in [5.74, 6) is 0. The molecular weight excluding hydrogens is 348 g/mol.